The van der Waals surface area contributed by atoms with Gasteiger partial charge in [-0.05, 0) is 11.1 Å². The standard InChI is InChI=1S/C19H19NO6/c21-17(25-12-14-7-3-1-4-8-14)11-16(18(22)23)20-19(24)26-13-15-9-5-2-6-10-15/h1-10,16H,11-13H2,(H,20,24)(H,22,23)/p-1. The van der Waals surface area contributed by atoms with Crippen LogP contribution in [0.4, 0.5) is 4.79 Å². The summed E-state index contributed by atoms with van der Waals surface area (Å²) < 4.78 is 9.92. The van der Waals surface area contributed by atoms with E-state index in [0.29, 0.717) is 0 Å². The first-order valence-corrected chi connectivity index (χ1v) is 7.92. The maximum Gasteiger partial charge on any atom is 0.408 e. The summed E-state index contributed by atoms with van der Waals surface area (Å²) in [6.45, 7) is -0.0111. The fourth-order valence-electron chi connectivity index (χ4n) is 2.06. The van der Waals surface area contributed by atoms with Crippen molar-refractivity contribution >= 4 is 18.0 Å². The molecule has 0 aliphatic carbocycles. The third kappa shape index (κ3) is 6.64. The van der Waals surface area contributed by atoms with E-state index in [1.165, 1.54) is 0 Å². The minimum Gasteiger partial charge on any atom is -0.548 e. The fourth-order valence-corrected chi connectivity index (χ4v) is 2.06. The van der Waals surface area contributed by atoms with Crippen LogP contribution in [0, 0.1) is 0 Å². The highest BCUT2D eigenvalue weighted by Gasteiger charge is 2.19. The van der Waals surface area contributed by atoms with Crippen LogP contribution >= 0.6 is 0 Å². The monoisotopic (exact) mass is 356 g/mol. The van der Waals surface area contributed by atoms with Gasteiger partial charge in [-0.25, -0.2) is 4.79 Å². The van der Waals surface area contributed by atoms with E-state index in [-0.39, 0.29) is 13.2 Å². The number of carboxylic acids is 1. The maximum absolute atomic E-state index is 11.8. The second-order valence-corrected chi connectivity index (χ2v) is 5.43. The van der Waals surface area contributed by atoms with E-state index in [4.69, 9.17) is 9.47 Å². The van der Waals surface area contributed by atoms with Crippen LogP contribution in [0.1, 0.15) is 17.5 Å². The highest BCUT2D eigenvalue weighted by atomic mass is 16.5. The van der Waals surface area contributed by atoms with Crippen molar-refractivity contribution in [2.75, 3.05) is 0 Å². The number of aliphatic carboxylic acids is 1. The van der Waals surface area contributed by atoms with Gasteiger partial charge in [0.25, 0.3) is 0 Å². The van der Waals surface area contributed by atoms with Gasteiger partial charge >= 0.3 is 12.1 Å². The molecule has 0 aromatic heterocycles. The highest BCUT2D eigenvalue weighted by Crippen LogP contribution is 2.04. The number of hydrogen-bond donors (Lipinski definition) is 1. The van der Waals surface area contributed by atoms with Gasteiger partial charge in [0, 0.05) is 0 Å². The Labute approximate surface area is 150 Å². The van der Waals surface area contributed by atoms with Gasteiger partial charge in [-0.1, -0.05) is 60.7 Å². The van der Waals surface area contributed by atoms with Crippen molar-refractivity contribution in [2.24, 2.45) is 0 Å². The number of carboxylic acid groups (broad SMARTS) is 1. The molecule has 7 heteroatoms. The van der Waals surface area contributed by atoms with Crippen LogP contribution in [-0.4, -0.2) is 24.1 Å². The molecular weight excluding hydrogens is 338 g/mol. The molecule has 1 unspecified atom stereocenters. The normalized spacial score (nSPS) is 11.2. The van der Waals surface area contributed by atoms with Crippen LogP contribution in [0.5, 0.6) is 0 Å². The summed E-state index contributed by atoms with van der Waals surface area (Å²) in [5.41, 5.74) is 1.51. The average Bonchev–Trinajstić information content (AvgIpc) is 2.66. The van der Waals surface area contributed by atoms with Crippen molar-refractivity contribution in [1.82, 2.24) is 5.32 Å². The number of rotatable bonds is 8. The van der Waals surface area contributed by atoms with Gasteiger partial charge in [-0.2, -0.15) is 0 Å². The third-order valence-corrected chi connectivity index (χ3v) is 3.40. The van der Waals surface area contributed by atoms with E-state index in [9.17, 15) is 19.5 Å². The lowest BCUT2D eigenvalue weighted by atomic mass is 10.2. The molecule has 0 aliphatic rings. The Balaban J connectivity index is 1.78. The summed E-state index contributed by atoms with van der Waals surface area (Å²) in [5, 5.41) is 13.2. The lowest BCUT2D eigenvalue weighted by Gasteiger charge is -2.18. The Morgan fingerprint density at radius 2 is 1.35 bits per heavy atom. The van der Waals surface area contributed by atoms with Gasteiger partial charge < -0.3 is 24.7 Å². The molecule has 2 rings (SSSR count). The van der Waals surface area contributed by atoms with Crippen molar-refractivity contribution in [3.63, 3.8) is 0 Å². The minimum atomic E-state index is -1.60. The summed E-state index contributed by atoms with van der Waals surface area (Å²) in [4.78, 5) is 34.6. The summed E-state index contributed by atoms with van der Waals surface area (Å²) in [6, 6.07) is 16.3. The Bertz CT molecular complexity index is 675. The zero-order valence-electron chi connectivity index (χ0n) is 13.9. The van der Waals surface area contributed by atoms with Crippen LogP contribution in [0.15, 0.2) is 60.7 Å². The number of esters is 1. The number of nitrogens with one attached hydrogen (secondary N) is 1. The molecule has 0 spiro atoms. The molecule has 0 bridgehead atoms. The Kier molecular flexibility index (Phi) is 7.17. The maximum atomic E-state index is 11.8. The van der Waals surface area contributed by atoms with Crippen LogP contribution in [0.3, 0.4) is 0 Å². The number of amides is 1. The van der Waals surface area contributed by atoms with E-state index in [1.54, 1.807) is 48.5 Å². The van der Waals surface area contributed by atoms with Gasteiger partial charge in [0.1, 0.15) is 13.2 Å². The molecule has 1 atom stereocenters. The average molecular weight is 356 g/mol. The quantitative estimate of drug-likeness (QED) is 0.712. The second kappa shape index (κ2) is 9.83. The zero-order valence-corrected chi connectivity index (χ0v) is 13.9. The molecule has 2 aromatic rings. The van der Waals surface area contributed by atoms with Crippen molar-refractivity contribution in [2.45, 2.75) is 25.7 Å². The summed E-state index contributed by atoms with van der Waals surface area (Å²) >= 11 is 0. The topological polar surface area (TPSA) is 105 Å². The molecule has 0 aliphatic heterocycles. The van der Waals surface area contributed by atoms with Crippen molar-refractivity contribution in [3.05, 3.63) is 71.8 Å². The largest absolute Gasteiger partial charge is 0.548 e. The molecule has 7 nitrogen and oxygen atoms in total. The van der Waals surface area contributed by atoms with Gasteiger partial charge in [-0.3, -0.25) is 4.79 Å². The second-order valence-electron chi connectivity index (χ2n) is 5.43. The van der Waals surface area contributed by atoms with Gasteiger partial charge in [0.15, 0.2) is 0 Å². The van der Waals surface area contributed by atoms with E-state index < -0.39 is 30.5 Å². The molecule has 0 saturated carbocycles. The Morgan fingerprint density at radius 1 is 0.846 bits per heavy atom. The number of carbonyl (C=O) groups excluding carboxylic acids is 3. The number of ether oxygens (including phenoxy) is 2. The highest BCUT2D eigenvalue weighted by molar-refractivity contribution is 5.84. The van der Waals surface area contributed by atoms with Crippen LogP contribution in [0.25, 0.3) is 0 Å². The van der Waals surface area contributed by atoms with Crippen LogP contribution < -0.4 is 10.4 Å². The Morgan fingerprint density at radius 3 is 1.85 bits per heavy atom. The van der Waals surface area contributed by atoms with Crippen LogP contribution in [0.2, 0.25) is 0 Å². The summed E-state index contributed by atoms with van der Waals surface area (Å²) in [5.74, 6) is -2.37. The number of alkyl carbamates (subject to hydrolysis) is 1. The lowest BCUT2D eigenvalue weighted by Crippen LogP contribution is -2.49. The van der Waals surface area contributed by atoms with Crippen molar-refractivity contribution in [1.29, 1.82) is 0 Å². The van der Waals surface area contributed by atoms with Crippen molar-refractivity contribution < 1.29 is 29.0 Å². The van der Waals surface area contributed by atoms with E-state index >= 15 is 0 Å². The predicted molar refractivity (Wildman–Crippen MR) is 89.4 cm³/mol. The SMILES string of the molecule is O=C(CC(NC(=O)OCc1ccccc1)C(=O)[O-])OCc1ccccc1. The van der Waals surface area contributed by atoms with E-state index in [1.807, 2.05) is 12.1 Å². The fraction of sp³-hybridized carbons (Fsp3) is 0.211. The molecule has 0 heterocycles. The minimum absolute atomic E-state index is 0.0118. The van der Waals surface area contributed by atoms with E-state index in [2.05, 4.69) is 5.32 Å². The van der Waals surface area contributed by atoms with Gasteiger partial charge in [-0.15, -0.1) is 0 Å². The molecule has 136 valence electrons. The number of benzene rings is 2. The predicted octanol–water partition coefficient (Wildman–Crippen LogP) is 1.16. The van der Waals surface area contributed by atoms with Gasteiger partial charge in [0.05, 0.1) is 18.4 Å². The summed E-state index contributed by atoms with van der Waals surface area (Å²) in [6.07, 6.45) is -1.52. The summed E-state index contributed by atoms with van der Waals surface area (Å²) in [7, 11) is 0. The number of hydrogen-bond acceptors (Lipinski definition) is 6. The first-order valence-electron chi connectivity index (χ1n) is 7.92. The molecule has 26 heavy (non-hydrogen) atoms. The molecule has 2 aromatic carbocycles. The van der Waals surface area contributed by atoms with Crippen LogP contribution in [-0.2, 0) is 32.3 Å². The molecule has 0 saturated heterocycles. The van der Waals surface area contributed by atoms with Crippen molar-refractivity contribution in [3.8, 4) is 0 Å². The third-order valence-electron chi connectivity index (χ3n) is 3.40. The smallest absolute Gasteiger partial charge is 0.408 e. The Hall–Kier alpha value is -3.35. The molecule has 0 fully saturated rings. The van der Waals surface area contributed by atoms with E-state index in [0.717, 1.165) is 11.1 Å². The molecule has 0 radical (unpaired) electrons. The zero-order chi connectivity index (χ0) is 18.8. The molecule has 1 N–H and O–H groups in total. The molecular formula is C19H18NO6-. The first kappa shape index (κ1) is 19.0. The van der Waals surface area contributed by atoms with Gasteiger partial charge in [0.2, 0.25) is 0 Å². The lowest BCUT2D eigenvalue weighted by molar-refractivity contribution is -0.308. The first-order chi connectivity index (χ1) is 12.5. The molecule has 1 amide bonds. The number of carbonyl (C=O) groups is 3.